The summed E-state index contributed by atoms with van der Waals surface area (Å²) in [7, 11) is 3.51. The molecule has 2 N–H and O–H groups in total. The zero-order valence-corrected chi connectivity index (χ0v) is 20.2. The van der Waals surface area contributed by atoms with E-state index in [1.165, 1.54) is 0 Å². The number of aromatic nitrogens is 2. The summed E-state index contributed by atoms with van der Waals surface area (Å²) in [5.41, 5.74) is 10.6. The first kappa shape index (κ1) is 23.9. The fourth-order valence-corrected chi connectivity index (χ4v) is 3.87. The Bertz CT molecular complexity index is 1300. The molecule has 0 unspecified atom stereocenters. The number of imidazole rings is 1. The number of rotatable bonds is 9. The Kier molecular flexibility index (Phi) is 7.35. The topological polar surface area (TPSA) is 88.6 Å². The van der Waals surface area contributed by atoms with E-state index in [-0.39, 0.29) is 12.3 Å². The molecule has 0 spiro atoms. The number of nitrogen functional groups attached to an aromatic ring is 1. The number of ether oxygens (including phenoxy) is 3. The summed E-state index contributed by atoms with van der Waals surface area (Å²) in [4.78, 5) is 17.5. The highest BCUT2D eigenvalue weighted by atomic mass is 16.5. The molecule has 0 radical (unpaired) electrons. The van der Waals surface area contributed by atoms with Gasteiger partial charge in [-0.2, -0.15) is 0 Å². The first-order chi connectivity index (χ1) is 17.0. The van der Waals surface area contributed by atoms with Gasteiger partial charge in [0.15, 0.2) is 5.69 Å². The van der Waals surface area contributed by atoms with E-state index < -0.39 is 5.97 Å². The van der Waals surface area contributed by atoms with Crippen LogP contribution in [0.4, 0.5) is 5.69 Å². The largest absolute Gasteiger partial charge is 0.497 e. The predicted octanol–water partition coefficient (Wildman–Crippen LogP) is 5.02. The second-order valence-corrected chi connectivity index (χ2v) is 8.05. The maximum absolute atomic E-state index is 12.8. The Morgan fingerprint density at radius 1 is 0.971 bits per heavy atom. The van der Waals surface area contributed by atoms with Gasteiger partial charge in [0.25, 0.3) is 0 Å². The number of esters is 1. The SMILES string of the molecule is CCOC(=O)c1nc(Cc2ccc(OC)cc2)n(C)c1-c1ccc(OCc2ccccc2)cc1N. The molecule has 4 rings (SSSR count). The van der Waals surface area contributed by atoms with E-state index in [0.717, 1.165) is 22.7 Å². The molecule has 0 aliphatic carbocycles. The zero-order valence-electron chi connectivity index (χ0n) is 20.2. The fraction of sp³-hybridized carbons (Fsp3) is 0.214. The van der Waals surface area contributed by atoms with E-state index >= 15 is 0 Å². The third-order valence-corrected chi connectivity index (χ3v) is 5.70. The molecule has 0 saturated carbocycles. The number of carbonyl (C=O) groups is 1. The fourth-order valence-electron chi connectivity index (χ4n) is 3.87. The molecule has 7 heteroatoms. The van der Waals surface area contributed by atoms with Crippen LogP contribution in [-0.2, 0) is 24.8 Å². The predicted molar refractivity (Wildman–Crippen MR) is 136 cm³/mol. The van der Waals surface area contributed by atoms with Crippen molar-refractivity contribution >= 4 is 11.7 Å². The molecule has 0 aliphatic rings. The van der Waals surface area contributed by atoms with Crippen LogP contribution in [0.25, 0.3) is 11.3 Å². The second-order valence-electron chi connectivity index (χ2n) is 8.05. The van der Waals surface area contributed by atoms with E-state index in [4.69, 9.17) is 19.9 Å². The van der Waals surface area contributed by atoms with Crippen molar-refractivity contribution in [1.82, 2.24) is 9.55 Å². The van der Waals surface area contributed by atoms with Crippen molar-refractivity contribution in [2.45, 2.75) is 20.0 Å². The number of benzene rings is 3. The van der Waals surface area contributed by atoms with E-state index in [1.807, 2.05) is 78.3 Å². The molecule has 0 saturated heterocycles. The molecule has 0 aliphatic heterocycles. The van der Waals surface area contributed by atoms with Crippen molar-refractivity contribution in [3.63, 3.8) is 0 Å². The lowest BCUT2D eigenvalue weighted by Gasteiger charge is -2.13. The minimum absolute atomic E-state index is 0.238. The van der Waals surface area contributed by atoms with E-state index in [9.17, 15) is 4.79 Å². The summed E-state index contributed by atoms with van der Waals surface area (Å²) >= 11 is 0. The number of nitrogens with zero attached hydrogens (tertiary/aromatic N) is 2. The number of nitrogens with two attached hydrogens (primary N) is 1. The van der Waals surface area contributed by atoms with Gasteiger partial charge in [0.2, 0.25) is 0 Å². The minimum Gasteiger partial charge on any atom is -0.497 e. The molecule has 3 aromatic carbocycles. The Hall–Kier alpha value is -4.26. The number of hydrogen-bond donors (Lipinski definition) is 1. The van der Waals surface area contributed by atoms with Crippen LogP contribution in [-0.4, -0.2) is 29.2 Å². The average molecular weight is 472 g/mol. The molecule has 0 bridgehead atoms. The van der Waals surface area contributed by atoms with Crippen LogP contribution in [0.3, 0.4) is 0 Å². The standard InChI is InChI=1S/C28H29N3O4/c1-4-34-28(32)26-27(31(2)25(30-26)16-19-10-12-21(33-3)13-11-19)23-15-14-22(17-24(23)29)35-18-20-8-6-5-7-9-20/h5-15,17H,4,16,18,29H2,1-3H3. The number of methoxy groups -OCH3 is 1. The summed E-state index contributed by atoms with van der Waals surface area (Å²) in [6, 6.07) is 23.1. The Balaban J connectivity index is 1.65. The van der Waals surface area contributed by atoms with E-state index in [0.29, 0.717) is 35.7 Å². The molecular weight excluding hydrogens is 442 g/mol. The van der Waals surface area contributed by atoms with Gasteiger partial charge < -0.3 is 24.5 Å². The highest BCUT2D eigenvalue weighted by Gasteiger charge is 2.24. The van der Waals surface area contributed by atoms with Gasteiger partial charge in [-0.15, -0.1) is 0 Å². The Labute approximate surface area is 205 Å². The van der Waals surface area contributed by atoms with Gasteiger partial charge in [-0.05, 0) is 42.3 Å². The highest BCUT2D eigenvalue weighted by molar-refractivity contribution is 5.96. The lowest BCUT2D eigenvalue weighted by molar-refractivity contribution is 0.0521. The van der Waals surface area contributed by atoms with Gasteiger partial charge >= 0.3 is 5.97 Å². The van der Waals surface area contributed by atoms with Gasteiger partial charge in [0, 0.05) is 30.8 Å². The summed E-state index contributed by atoms with van der Waals surface area (Å²) < 4.78 is 18.3. The van der Waals surface area contributed by atoms with Crippen molar-refractivity contribution < 1.29 is 19.0 Å². The normalized spacial score (nSPS) is 10.7. The second kappa shape index (κ2) is 10.8. The van der Waals surface area contributed by atoms with Crippen molar-refractivity contribution in [3.05, 3.63) is 95.4 Å². The molecule has 180 valence electrons. The third kappa shape index (κ3) is 5.46. The maximum atomic E-state index is 12.8. The van der Waals surface area contributed by atoms with Crippen LogP contribution in [0.5, 0.6) is 11.5 Å². The van der Waals surface area contributed by atoms with Crippen molar-refractivity contribution in [3.8, 4) is 22.8 Å². The summed E-state index contributed by atoms with van der Waals surface area (Å²) in [5, 5.41) is 0. The molecular formula is C28H29N3O4. The maximum Gasteiger partial charge on any atom is 0.359 e. The number of anilines is 1. The van der Waals surface area contributed by atoms with Crippen LogP contribution >= 0.6 is 0 Å². The van der Waals surface area contributed by atoms with Crippen LogP contribution in [0.1, 0.15) is 34.4 Å². The molecule has 4 aromatic rings. The zero-order chi connectivity index (χ0) is 24.8. The monoisotopic (exact) mass is 471 g/mol. The van der Waals surface area contributed by atoms with Gasteiger partial charge in [-0.3, -0.25) is 0 Å². The van der Waals surface area contributed by atoms with Crippen molar-refractivity contribution in [2.24, 2.45) is 7.05 Å². The van der Waals surface area contributed by atoms with E-state index in [2.05, 4.69) is 4.98 Å². The lowest BCUT2D eigenvalue weighted by atomic mass is 10.1. The average Bonchev–Trinajstić information content (AvgIpc) is 3.19. The number of hydrogen-bond acceptors (Lipinski definition) is 6. The van der Waals surface area contributed by atoms with Crippen LogP contribution in [0.15, 0.2) is 72.8 Å². The third-order valence-electron chi connectivity index (χ3n) is 5.70. The smallest absolute Gasteiger partial charge is 0.359 e. The minimum atomic E-state index is -0.483. The van der Waals surface area contributed by atoms with Crippen LogP contribution in [0.2, 0.25) is 0 Å². The van der Waals surface area contributed by atoms with Crippen LogP contribution in [0, 0.1) is 0 Å². The quantitative estimate of drug-likeness (QED) is 0.272. The first-order valence-corrected chi connectivity index (χ1v) is 11.4. The molecule has 0 fully saturated rings. The molecule has 0 amide bonds. The molecule has 0 atom stereocenters. The van der Waals surface area contributed by atoms with Gasteiger partial charge in [0.1, 0.15) is 23.9 Å². The first-order valence-electron chi connectivity index (χ1n) is 11.4. The van der Waals surface area contributed by atoms with E-state index in [1.54, 1.807) is 20.1 Å². The Morgan fingerprint density at radius 3 is 2.34 bits per heavy atom. The van der Waals surface area contributed by atoms with Gasteiger partial charge in [-0.25, -0.2) is 9.78 Å². The highest BCUT2D eigenvalue weighted by Crippen LogP contribution is 2.33. The Morgan fingerprint density at radius 2 is 1.69 bits per heavy atom. The van der Waals surface area contributed by atoms with Crippen molar-refractivity contribution in [1.29, 1.82) is 0 Å². The van der Waals surface area contributed by atoms with Crippen LogP contribution < -0.4 is 15.2 Å². The summed E-state index contributed by atoms with van der Waals surface area (Å²) in [6.07, 6.45) is 0.533. The summed E-state index contributed by atoms with van der Waals surface area (Å²) in [6.45, 7) is 2.46. The molecule has 7 nitrogen and oxygen atoms in total. The van der Waals surface area contributed by atoms with Crippen molar-refractivity contribution in [2.75, 3.05) is 19.5 Å². The molecule has 1 heterocycles. The summed E-state index contributed by atoms with van der Waals surface area (Å²) in [5.74, 6) is 1.66. The number of carbonyl (C=O) groups excluding carboxylic acids is 1. The molecule has 35 heavy (non-hydrogen) atoms. The molecule has 1 aromatic heterocycles. The van der Waals surface area contributed by atoms with Gasteiger partial charge in [0.05, 0.1) is 19.4 Å². The lowest BCUT2D eigenvalue weighted by Crippen LogP contribution is -2.08. The van der Waals surface area contributed by atoms with Gasteiger partial charge in [-0.1, -0.05) is 42.5 Å².